The molecule has 5 nitrogen and oxygen atoms in total. The number of urea groups is 1. The third-order valence-electron chi connectivity index (χ3n) is 4.97. The van der Waals surface area contributed by atoms with Crippen LogP contribution >= 0.6 is 0 Å². The molecule has 0 radical (unpaired) electrons. The molecule has 0 saturated carbocycles. The Morgan fingerprint density at radius 3 is 2.88 bits per heavy atom. The lowest BCUT2D eigenvalue weighted by Gasteiger charge is -2.36. The Bertz CT molecular complexity index is 578. The molecule has 25 heavy (non-hydrogen) atoms. The molecular weight excluding hydrogens is 321 g/mol. The van der Waals surface area contributed by atoms with Crippen LogP contribution in [-0.4, -0.2) is 61.7 Å². The fourth-order valence-corrected chi connectivity index (χ4v) is 2.72. The van der Waals surface area contributed by atoms with Crippen LogP contribution in [0, 0.1) is 11.7 Å². The number of halogens is 1. The zero-order valence-corrected chi connectivity index (χ0v) is 15.7. The van der Waals surface area contributed by atoms with Crippen LogP contribution in [0.25, 0.3) is 0 Å². The van der Waals surface area contributed by atoms with Crippen molar-refractivity contribution >= 4 is 6.03 Å². The number of hydrogen-bond donors (Lipinski definition) is 1. The van der Waals surface area contributed by atoms with Crippen molar-refractivity contribution in [2.24, 2.45) is 5.92 Å². The van der Waals surface area contributed by atoms with E-state index in [0.29, 0.717) is 25.4 Å². The molecule has 1 aliphatic heterocycles. The smallest absolute Gasteiger partial charge is 0.317 e. The quantitative estimate of drug-likeness (QED) is 0.857. The van der Waals surface area contributed by atoms with Gasteiger partial charge >= 0.3 is 6.03 Å². The van der Waals surface area contributed by atoms with Gasteiger partial charge in [-0.15, -0.1) is 0 Å². The lowest BCUT2D eigenvalue weighted by Crippen LogP contribution is -2.53. The van der Waals surface area contributed by atoms with Crippen molar-refractivity contribution in [2.75, 3.05) is 40.3 Å². The van der Waals surface area contributed by atoms with Crippen LogP contribution in [-0.2, 0) is 0 Å². The van der Waals surface area contributed by atoms with E-state index >= 15 is 0 Å². The van der Waals surface area contributed by atoms with Crippen LogP contribution < -0.4 is 10.1 Å². The molecule has 1 heterocycles. The Morgan fingerprint density at radius 2 is 2.20 bits per heavy atom. The van der Waals surface area contributed by atoms with Crippen LogP contribution in [0.3, 0.4) is 0 Å². The first-order valence-corrected chi connectivity index (χ1v) is 8.86. The first-order chi connectivity index (χ1) is 11.8. The van der Waals surface area contributed by atoms with Crippen LogP contribution in [0.2, 0.25) is 0 Å². The van der Waals surface area contributed by atoms with Crippen LogP contribution in [0.4, 0.5) is 9.18 Å². The SMILES string of the molecule is CN(C)C(C)(C)CNC(=O)N1CCCC(COc2cccc(F)c2)C1. The van der Waals surface area contributed by atoms with Gasteiger partial charge in [-0.1, -0.05) is 6.07 Å². The van der Waals surface area contributed by atoms with E-state index in [-0.39, 0.29) is 23.3 Å². The topological polar surface area (TPSA) is 44.8 Å². The second-order valence-electron chi connectivity index (χ2n) is 7.59. The summed E-state index contributed by atoms with van der Waals surface area (Å²) in [5.41, 5.74) is -0.0919. The number of piperidine rings is 1. The van der Waals surface area contributed by atoms with Crippen molar-refractivity contribution < 1.29 is 13.9 Å². The highest BCUT2D eigenvalue weighted by Crippen LogP contribution is 2.19. The second kappa shape index (κ2) is 8.52. The number of likely N-dealkylation sites (N-methyl/N-ethyl adjacent to an activating group) is 1. The number of rotatable bonds is 6. The van der Waals surface area contributed by atoms with Crippen LogP contribution in [0.1, 0.15) is 26.7 Å². The van der Waals surface area contributed by atoms with E-state index in [2.05, 4.69) is 24.1 Å². The average Bonchev–Trinajstić information content (AvgIpc) is 2.58. The monoisotopic (exact) mass is 351 g/mol. The Balaban J connectivity index is 1.80. The van der Waals surface area contributed by atoms with Crippen molar-refractivity contribution in [1.29, 1.82) is 0 Å². The summed E-state index contributed by atoms with van der Waals surface area (Å²) in [5.74, 6) is 0.504. The molecule has 1 aromatic rings. The molecule has 2 rings (SSSR count). The number of carbonyl (C=O) groups excluding carboxylic acids is 1. The van der Waals surface area contributed by atoms with Gasteiger partial charge in [-0.05, 0) is 52.9 Å². The minimum atomic E-state index is -0.300. The van der Waals surface area contributed by atoms with Gasteiger partial charge in [-0.2, -0.15) is 0 Å². The van der Waals surface area contributed by atoms with E-state index in [4.69, 9.17) is 4.74 Å². The van der Waals surface area contributed by atoms with E-state index in [9.17, 15) is 9.18 Å². The van der Waals surface area contributed by atoms with E-state index < -0.39 is 0 Å². The molecule has 0 bridgehead atoms. The molecule has 1 aromatic carbocycles. The number of nitrogens with one attached hydrogen (secondary N) is 1. The molecule has 0 aromatic heterocycles. The Hall–Kier alpha value is -1.82. The molecule has 0 aliphatic carbocycles. The summed E-state index contributed by atoms with van der Waals surface area (Å²) in [6, 6.07) is 6.15. The summed E-state index contributed by atoms with van der Waals surface area (Å²) in [6.07, 6.45) is 1.98. The van der Waals surface area contributed by atoms with Gasteiger partial charge in [-0.25, -0.2) is 9.18 Å². The highest BCUT2D eigenvalue weighted by atomic mass is 19.1. The minimum absolute atomic E-state index is 0.0228. The third-order valence-corrected chi connectivity index (χ3v) is 4.97. The molecule has 1 unspecified atom stereocenters. The largest absolute Gasteiger partial charge is 0.493 e. The molecule has 2 amide bonds. The Morgan fingerprint density at radius 1 is 1.44 bits per heavy atom. The van der Waals surface area contributed by atoms with Crippen molar-refractivity contribution in [1.82, 2.24) is 15.1 Å². The molecule has 0 spiro atoms. The average molecular weight is 351 g/mol. The number of carbonyl (C=O) groups is 1. The molecular formula is C19H30FN3O2. The third kappa shape index (κ3) is 5.88. The zero-order chi connectivity index (χ0) is 18.4. The fraction of sp³-hybridized carbons (Fsp3) is 0.632. The summed E-state index contributed by atoms with van der Waals surface area (Å²) < 4.78 is 18.9. The summed E-state index contributed by atoms with van der Waals surface area (Å²) in [7, 11) is 4.01. The van der Waals surface area contributed by atoms with Crippen molar-refractivity contribution in [3.63, 3.8) is 0 Å². The lowest BCUT2D eigenvalue weighted by molar-refractivity contribution is 0.131. The standard InChI is InChI=1S/C19H30FN3O2/c1-19(2,22(3)4)14-21-18(24)23-10-6-7-15(12-23)13-25-17-9-5-8-16(20)11-17/h5,8-9,11,15H,6-7,10,12-14H2,1-4H3,(H,21,24). The summed E-state index contributed by atoms with van der Waals surface area (Å²) in [4.78, 5) is 16.4. The fourth-order valence-electron chi connectivity index (χ4n) is 2.72. The Labute approximate surface area is 150 Å². The van der Waals surface area contributed by atoms with Crippen molar-refractivity contribution in [2.45, 2.75) is 32.2 Å². The van der Waals surface area contributed by atoms with Gasteiger partial charge in [0.05, 0.1) is 6.61 Å². The van der Waals surface area contributed by atoms with E-state index in [1.54, 1.807) is 12.1 Å². The van der Waals surface area contributed by atoms with Gasteiger partial charge in [0.15, 0.2) is 0 Å². The molecule has 6 heteroatoms. The van der Waals surface area contributed by atoms with Crippen LogP contribution in [0.5, 0.6) is 5.75 Å². The molecule has 140 valence electrons. The molecule has 1 N–H and O–H groups in total. The number of nitrogens with zero attached hydrogens (tertiary/aromatic N) is 2. The first-order valence-electron chi connectivity index (χ1n) is 8.86. The highest BCUT2D eigenvalue weighted by molar-refractivity contribution is 5.74. The van der Waals surface area contributed by atoms with E-state index in [1.165, 1.54) is 12.1 Å². The minimum Gasteiger partial charge on any atom is -0.493 e. The van der Waals surface area contributed by atoms with Gasteiger partial charge in [0.1, 0.15) is 11.6 Å². The van der Waals surface area contributed by atoms with Crippen molar-refractivity contribution in [3.8, 4) is 5.75 Å². The van der Waals surface area contributed by atoms with Crippen molar-refractivity contribution in [3.05, 3.63) is 30.1 Å². The maximum atomic E-state index is 13.2. The lowest BCUT2D eigenvalue weighted by atomic mass is 9.99. The normalized spacial score (nSPS) is 18.3. The number of amides is 2. The molecule has 1 saturated heterocycles. The number of likely N-dealkylation sites (tertiary alicyclic amines) is 1. The first kappa shape index (κ1) is 19.5. The van der Waals surface area contributed by atoms with E-state index in [1.807, 2.05) is 19.0 Å². The maximum absolute atomic E-state index is 13.2. The van der Waals surface area contributed by atoms with Gasteiger partial charge in [0, 0.05) is 37.2 Å². The highest BCUT2D eigenvalue weighted by Gasteiger charge is 2.26. The van der Waals surface area contributed by atoms with Gasteiger partial charge in [-0.3, -0.25) is 0 Å². The molecule has 1 fully saturated rings. The molecule has 1 atom stereocenters. The van der Waals surface area contributed by atoms with Gasteiger partial charge < -0.3 is 19.9 Å². The summed E-state index contributed by atoms with van der Waals surface area (Å²) >= 11 is 0. The van der Waals surface area contributed by atoms with Crippen LogP contribution in [0.15, 0.2) is 24.3 Å². The predicted molar refractivity (Wildman–Crippen MR) is 97.4 cm³/mol. The number of benzene rings is 1. The zero-order valence-electron chi connectivity index (χ0n) is 15.7. The maximum Gasteiger partial charge on any atom is 0.317 e. The second-order valence-corrected chi connectivity index (χ2v) is 7.59. The van der Waals surface area contributed by atoms with E-state index in [0.717, 1.165) is 19.4 Å². The molecule has 1 aliphatic rings. The summed E-state index contributed by atoms with van der Waals surface area (Å²) in [6.45, 7) is 6.72. The predicted octanol–water partition coefficient (Wildman–Crippen LogP) is 2.97. The number of hydrogen-bond acceptors (Lipinski definition) is 3. The van der Waals surface area contributed by atoms with Gasteiger partial charge in [0.2, 0.25) is 0 Å². The van der Waals surface area contributed by atoms with Gasteiger partial charge in [0.25, 0.3) is 0 Å². The number of ether oxygens (including phenoxy) is 1. The summed E-state index contributed by atoms with van der Waals surface area (Å²) in [5, 5.41) is 3.03. The Kier molecular flexibility index (Phi) is 6.64.